The summed E-state index contributed by atoms with van der Waals surface area (Å²) in [4.78, 5) is 32.0. The molecule has 26 heavy (non-hydrogen) atoms. The molecule has 0 aliphatic heterocycles. The number of para-hydroxylation sites is 1. The van der Waals surface area contributed by atoms with Crippen molar-refractivity contribution < 1.29 is 4.79 Å². The number of thiophene rings is 1. The molecule has 1 N–H and O–H groups in total. The molecule has 1 amide bonds. The monoisotopic (exact) mass is 367 g/mol. The molecule has 1 aromatic carbocycles. The highest BCUT2D eigenvalue weighted by atomic mass is 32.1. The molecule has 4 rings (SSSR count). The molecule has 2 aromatic heterocycles. The number of aromatic nitrogens is 2. The van der Waals surface area contributed by atoms with Crippen LogP contribution >= 0.6 is 11.3 Å². The average Bonchev–Trinajstić information content (AvgIpc) is 3.00. The molecule has 0 atom stereocenters. The van der Waals surface area contributed by atoms with Crippen LogP contribution in [0.15, 0.2) is 29.3 Å². The molecular weight excluding hydrogens is 346 g/mol. The van der Waals surface area contributed by atoms with E-state index in [9.17, 15) is 9.59 Å². The summed E-state index contributed by atoms with van der Waals surface area (Å²) in [5.41, 5.74) is 3.87. The minimum absolute atomic E-state index is 0.0276. The van der Waals surface area contributed by atoms with E-state index in [0.29, 0.717) is 5.39 Å². The molecule has 5 nitrogen and oxygen atoms in total. The van der Waals surface area contributed by atoms with Crippen LogP contribution in [0.5, 0.6) is 0 Å². The number of anilines is 1. The standard InChI is InChI=1S/C20H21N3O2S/c1-12-6-5-7-13(2)18(12)22-16(24)10-23-11-21-19-17(20(23)25)14-8-3-4-9-15(14)26-19/h5-7,11H,3-4,8-10H2,1-2H3,(H,22,24). The number of amides is 1. The minimum atomic E-state index is -0.213. The Hall–Kier alpha value is -2.47. The van der Waals surface area contributed by atoms with Gasteiger partial charge in [-0.15, -0.1) is 11.3 Å². The SMILES string of the molecule is Cc1cccc(C)c1NC(=O)Cn1cnc2sc3c(c2c1=O)CCCC3. The number of hydrogen-bond acceptors (Lipinski definition) is 4. The van der Waals surface area contributed by atoms with E-state index in [-0.39, 0.29) is 18.0 Å². The van der Waals surface area contributed by atoms with Crippen molar-refractivity contribution in [3.63, 3.8) is 0 Å². The molecule has 6 heteroatoms. The van der Waals surface area contributed by atoms with Gasteiger partial charge in [0, 0.05) is 10.6 Å². The Morgan fingerprint density at radius 2 is 1.96 bits per heavy atom. The average molecular weight is 367 g/mol. The number of aryl methyl sites for hydroxylation is 4. The van der Waals surface area contributed by atoms with Crippen molar-refractivity contribution in [2.75, 3.05) is 5.32 Å². The first-order valence-corrected chi connectivity index (χ1v) is 9.72. The number of carbonyl (C=O) groups is 1. The summed E-state index contributed by atoms with van der Waals surface area (Å²) < 4.78 is 1.42. The van der Waals surface area contributed by atoms with E-state index in [1.807, 2.05) is 32.0 Å². The first-order chi connectivity index (χ1) is 12.5. The van der Waals surface area contributed by atoms with Crippen LogP contribution in [0.3, 0.4) is 0 Å². The smallest absolute Gasteiger partial charge is 0.262 e. The van der Waals surface area contributed by atoms with Crippen LogP contribution in [0, 0.1) is 13.8 Å². The predicted molar refractivity (Wildman–Crippen MR) is 105 cm³/mol. The summed E-state index contributed by atoms with van der Waals surface area (Å²) >= 11 is 1.62. The van der Waals surface area contributed by atoms with Gasteiger partial charge in [-0.2, -0.15) is 0 Å². The maximum Gasteiger partial charge on any atom is 0.262 e. The molecule has 0 bridgehead atoms. The second-order valence-electron chi connectivity index (χ2n) is 6.88. The van der Waals surface area contributed by atoms with Crippen molar-refractivity contribution >= 4 is 33.1 Å². The molecule has 1 aliphatic carbocycles. The lowest BCUT2D eigenvalue weighted by atomic mass is 9.97. The lowest BCUT2D eigenvalue weighted by Gasteiger charge is -2.12. The lowest BCUT2D eigenvalue weighted by Crippen LogP contribution is -2.28. The Bertz CT molecular complexity index is 1040. The Morgan fingerprint density at radius 3 is 2.73 bits per heavy atom. The summed E-state index contributed by atoms with van der Waals surface area (Å²) in [6.45, 7) is 3.89. The highest BCUT2D eigenvalue weighted by Gasteiger charge is 2.20. The Balaban J connectivity index is 1.64. The molecule has 2 heterocycles. The zero-order valence-corrected chi connectivity index (χ0v) is 15.8. The van der Waals surface area contributed by atoms with E-state index in [1.165, 1.54) is 22.2 Å². The van der Waals surface area contributed by atoms with Gasteiger partial charge in [0.2, 0.25) is 5.91 Å². The molecule has 0 saturated carbocycles. The molecule has 0 spiro atoms. The van der Waals surface area contributed by atoms with E-state index in [4.69, 9.17) is 0 Å². The quantitative estimate of drug-likeness (QED) is 0.769. The van der Waals surface area contributed by atoms with E-state index in [0.717, 1.165) is 46.5 Å². The third-order valence-electron chi connectivity index (χ3n) is 5.00. The third kappa shape index (κ3) is 2.94. The van der Waals surface area contributed by atoms with Crippen LogP contribution in [-0.4, -0.2) is 15.5 Å². The first kappa shape index (κ1) is 17.0. The highest BCUT2D eigenvalue weighted by molar-refractivity contribution is 7.18. The number of nitrogens with zero attached hydrogens (tertiary/aromatic N) is 2. The first-order valence-electron chi connectivity index (χ1n) is 8.90. The number of carbonyl (C=O) groups excluding carboxylic acids is 1. The summed E-state index contributed by atoms with van der Waals surface area (Å²) in [5, 5.41) is 3.65. The molecule has 3 aromatic rings. The Morgan fingerprint density at radius 1 is 1.23 bits per heavy atom. The van der Waals surface area contributed by atoms with E-state index < -0.39 is 0 Å². The van der Waals surface area contributed by atoms with Gasteiger partial charge in [-0.3, -0.25) is 14.2 Å². The fourth-order valence-electron chi connectivity index (χ4n) is 3.64. The van der Waals surface area contributed by atoms with Crippen LogP contribution in [0.1, 0.15) is 34.4 Å². The van der Waals surface area contributed by atoms with Gasteiger partial charge in [0.1, 0.15) is 11.4 Å². The van der Waals surface area contributed by atoms with Gasteiger partial charge in [-0.25, -0.2) is 4.98 Å². The zero-order valence-electron chi connectivity index (χ0n) is 15.0. The van der Waals surface area contributed by atoms with Gasteiger partial charge < -0.3 is 5.32 Å². The maximum absolute atomic E-state index is 12.9. The maximum atomic E-state index is 12.9. The Labute approximate surface area is 155 Å². The van der Waals surface area contributed by atoms with Crippen LogP contribution in [0.25, 0.3) is 10.2 Å². The van der Waals surface area contributed by atoms with Gasteiger partial charge in [-0.1, -0.05) is 18.2 Å². The topological polar surface area (TPSA) is 64.0 Å². The number of hydrogen-bond donors (Lipinski definition) is 1. The van der Waals surface area contributed by atoms with Gasteiger partial charge >= 0.3 is 0 Å². The predicted octanol–water partition coefficient (Wildman–Crippen LogP) is 3.59. The summed E-state index contributed by atoms with van der Waals surface area (Å²) in [5.74, 6) is -0.213. The highest BCUT2D eigenvalue weighted by Crippen LogP contribution is 2.33. The van der Waals surface area contributed by atoms with Crippen LogP contribution in [0.2, 0.25) is 0 Å². The van der Waals surface area contributed by atoms with Crippen LogP contribution in [0.4, 0.5) is 5.69 Å². The normalized spacial score (nSPS) is 13.6. The zero-order chi connectivity index (χ0) is 18.3. The molecule has 0 unspecified atom stereocenters. The van der Waals surface area contributed by atoms with Crippen molar-refractivity contribution in [2.45, 2.75) is 46.1 Å². The van der Waals surface area contributed by atoms with Crippen molar-refractivity contribution in [3.05, 3.63) is 56.4 Å². The molecule has 0 fully saturated rings. The molecule has 0 saturated heterocycles. The van der Waals surface area contributed by atoms with Crippen molar-refractivity contribution in [2.24, 2.45) is 0 Å². The Kier molecular flexibility index (Phi) is 4.36. The summed E-state index contributed by atoms with van der Waals surface area (Å²) in [6, 6.07) is 5.88. The number of rotatable bonds is 3. The number of nitrogens with one attached hydrogen (secondary N) is 1. The largest absolute Gasteiger partial charge is 0.324 e. The second-order valence-corrected chi connectivity index (χ2v) is 7.97. The number of fused-ring (bicyclic) bond motifs is 3. The van der Waals surface area contributed by atoms with E-state index >= 15 is 0 Å². The molecular formula is C20H21N3O2S. The molecule has 0 radical (unpaired) electrons. The van der Waals surface area contributed by atoms with Gasteiger partial charge in [0.15, 0.2) is 0 Å². The summed E-state index contributed by atoms with van der Waals surface area (Å²) in [6.07, 6.45) is 5.75. The third-order valence-corrected chi connectivity index (χ3v) is 6.20. The van der Waals surface area contributed by atoms with Crippen molar-refractivity contribution in [1.82, 2.24) is 9.55 Å². The van der Waals surface area contributed by atoms with E-state index in [2.05, 4.69) is 10.3 Å². The van der Waals surface area contributed by atoms with Gasteiger partial charge in [-0.05, 0) is 56.2 Å². The van der Waals surface area contributed by atoms with Crippen LogP contribution < -0.4 is 10.9 Å². The minimum Gasteiger partial charge on any atom is -0.324 e. The molecule has 1 aliphatic rings. The van der Waals surface area contributed by atoms with E-state index in [1.54, 1.807) is 11.3 Å². The van der Waals surface area contributed by atoms with Gasteiger partial charge in [0.25, 0.3) is 5.56 Å². The van der Waals surface area contributed by atoms with Crippen molar-refractivity contribution in [1.29, 1.82) is 0 Å². The van der Waals surface area contributed by atoms with Gasteiger partial charge in [0.05, 0.1) is 11.7 Å². The number of benzene rings is 1. The van der Waals surface area contributed by atoms with Crippen molar-refractivity contribution in [3.8, 4) is 0 Å². The molecule has 134 valence electrons. The fraction of sp³-hybridized carbons (Fsp3) is 0.350. The van der Waals surface area contributed by atoms with Crippen LogP contribution in [-0.2, 0) is 24.2 Å². The lowest BCUT2D eigenvalue weighted by molar-refractivity contribution is -0.116. The fourth-order valence-corrected chi connectivity index (χ4v) is 4.86. The summed E-state index contributed by atoms with van der Waals surface area (Å²) in [7, 11) is 0. The second kappa shape index (κ2) is 6.68.